The summed E-state index contributed by atoms with van der Waals surface area (Å²) in [4.78, 5) is 25.1. The minimum absolute atomic E-state index is 0.374. The Morgan fingerprint density at radius 2 is 1.88 bits per heavy atom. The number of aromatic nitrogens is 2. The summed E-state index contributed by atoms with van der Waals surface area (Å²) < 4.78 is 1.43. The Morgan fingerprint density at radius 3 is 2.75 bits per heavy atom. The van der Waals surface area contributed by atoms with Gasteiger partial charge in [-0.05, 0) is 11.5 Å². The van der Waals surface area contributed by atoms with Gasteiger partial charge in [-0.2, -0.15) is 0 Å². The van der Waals surface area contributed by atoms with Gasteiger partial charge in [0.1, 0.15) is 0 Å². The SMILES string of the molecule is O=c1cc2c3ccccc3ccn2c(=O)[nH]1. The Balaban J connectivity index is 2.70. The van der Waals surface area contributed by atoms with Gasteiger partial charge < -0.3 is 0 Å². The maximum atomic E-state index is 11.6. The van der Waals surface area contributed by atoms with Gasteiger partial charge in [-0.3, -0.25) is 14.2 Å². The van der Waals surface area contributed by atoms with Crippen molar-refractivity contribution in [1.82, 2.24) is 9.38 Å². The molecule has 1 N–H and O–H groups in total. The smallest absolute Gasteiger partial charge is 0.274 e. The Kier molecular flexibility index (Phi) is 1.71. The standard InChI is InChI=1S/C12H8N2O2/c15-11-7-10-9-4-2-1-3-8(9)5-6-14(10)12(16)13-11/h1-7H,(H,13,15,16). The van der Waals surface area contributed by atoms with Gasteiger partial charge in [0, 0.05) is 17.6 Å². The lowest BCUT2D eigenvalue weighted by Gasteiger charge is -2.03. The van der Waals surface area contributed by atoms with Crippen molar-refractivity contribution in [3.05, 3.63) is 63.4 Å². The maximum absolute atomic E-state index is 11.6. The quantitative estimate of drug-likeness (QED) is 0.568. The van der Waals surface area contributed by atoms with E-state index in [0.717, 1.165) is 10.8 Å². The van der Waals surface area contributed by atoms with Crippen molar-refractivity contribution in [2.24, 2.45) is 0 Å². The molecule has 2 heterocycles. The Labute approximate surface area is 89.8 Å². The lowest BCUT2D eigenvalue weighted by Crippen LogP contribution is -2.25. The second kappa shape index (κ2) is 3.06. The molecule has 0 saturated carbocycles. The number of H-pyrrole nitrogens is 1. The second-order valence-electron chi connectivity index (χ2n) is 3.60. The third-order valence-corrected chi connectivity index (χ3v) is 2.62. The minimum Gasteiger partial charge on any atom is -0.274 e. The molecule has 4 nitrogen and oxygen atoms in total. The second-order valence-corrected chi connectivity index (χ2v) is 3.60. The zero-order valence-corrected chi connectivity index (χ0v) is 8.31. The van der Waals surface area contributed by atoms with Gasteiger partial charge in [0.05, 0.1) is 5.52 Å². The molecule has 0 radical (unpaired) electrons. The molecule has 0 atom stereocenters. The van der Waals surface area contributed by atoms with Gasteiger partial charge in [0.15, 0.2) is 0 Å². The van der Waals surface area contributed by atoms with Crippen LogP contribution in [-0.4, -0.2) is 9.38 Å². The molecule has 0 amide bonds. The third-order valence-electron chi connectivity index (χ3n) is 2.62. The number of aromatic amines is 1. The monoisotopic (exact) mass is 212 g/mol. The number of hydrogen-bond acceptors (Lipinski definition) is 2. The fraction of sp³-hybridized carbons (Fsp3) is 0. The molecule has 4 heteroatoms. The van der Waals surface area contributed by atoms with E-state index in [0.29, 0.717) is 5.52 Å². The molecule has 3 rings (SSSR count). The number of rotatable bonds is 0. The van der Waals surface area contributed by atoms with E-state index in [1.54, 1.807) is 6.20 Å². The van der Waals surface area contributed by atoms with E-state index in [1.807, 2.05) is 30.3 Å². The topological polar surface area (TPSA) is 54.3 Å². The van der Waals surface area contributed by atoms with Crippen LogP contribution in [0.2, 0.25) is 0 Å². The number of fused-ring (bicyclic) bond motifs is 3. The van der Waals surface area contributed by atoms with E-state index >= 15 is 0 Å². The summed E-state index contributed by atoms with van der Waals surface area (Å²) in [6, 6.07) is 10.9. The van der Waals surface area contributed by atoms with Crippen molar-refractivity contribution < 1.29 is 0 Å². The molecule has 0 unspecified atom stereocenters. The highest BCUT2D eigenvalue weighted by molar-refractivity contribution is 5.95. The molecule has 0 saturated heterocycles. The highest BCUT2D eigenvalue weighted by Gasteiger charge is 2.02. The molecule has 0 fully saturated rings. The van der Waals surface area contributed by atoms with E-state index in [-0.39, 0.29) is 5.56 Å². The van der Waals surface area contributed by atoms with E-state index in [1.165, 1.54) is 10.5 Å². The van der Waals surface area contributed by atoms with Crippen LogP contribution in [0.1, 0.15) is 0 Å². The molecule has 16 heavy (non-hydrogen) atoms. The number of nitrogens with one attached hydrogen (secondary N) is 1. The number of hydrogen-bond donors (Lipinski definition) is 1. The Bertz CT molecular complexity index is 799. The Hall–Kier alpha value is -2.36. The molecule has 2 aromatic heterocycles. The number of nitrogens with zero attached hydrogens (tertiary/aromatic N) is 1. The lowest BCUT2D eigenvalue weighted by molar-refractivity contribution is 0.975. The van der Waals surface area contributed by atoms with Gasteiger partial charge in [-0.15, -0.1) is 0 Å². The van der Waals surface area contributed by atoms with E-state index < -0.39 is 5.69 Å². The average molecular weight is 212 g/mol. The van der Waals surface area contributed by atoms with E-state index in [9.17, 15) is 9.59 Å². The van der Waals surface area contributed by atoms with Crippen LogP contribution in [0.25, 0.3) is 16.3 Å². The largest absolute Gasteiger partial charge is 0.332 e. The highest BCUT2D eigenvalue weighted by atomic mass is 16.2. The number of benzene rings is 1. The molecule has 0 aliphatic heterocycles. The molecule has 78 valence electrons. The van der Waals surface area contributed by atoms with E-state index in [4.69, 9.17) is 0 Å². The number of pyridine rings is 1. The zero-order chi connectivity index (χ0) is 11.1. The summed E-state index contributed by atoms with van der Waals surface area (Å²) in [5.41, 5.74) is -0.151. The van der Waals surface area contributed by atoms with Gasteiger partial charge in [0.25, 0.3) is 5.56 Å². The van der Waals surface area contributed by atoms with Crippen LogP contribution in [0.5, 0.6) is 0 Å². The zero-order valence-electron chi connectivity index (χ0n) is 8.31. The lowest BCUT2D eigenvalue weighted by atomic mass is 10.1. The molecule has 0 aliphatic carbocycles. The average Bonchev–Trinajstić information content (AvgIpc) is 2.28. The molecule has 0 bridgehead atoms. The van der Waals surface area contributed by atoms with Crippen molar-refractivity contribution in [2.45, 2.75) is 0 Å². The van der Waals surface area contributed by atoms with Gasteiger partial charge >= 0.3 is 5.69 Å². The first-order chi connectivity index (χ1) is 7.75. The first-order valence-corrected chi connectivity index (χ1v) is 4.89. The summed E-state index contributed by atoms with van der Waals surface area (Å²) in [7, 11) is 0. The predicted molar refractivity (Wildman–Crippen MR) is 61.8 cm³/mol. The summed E-state index contributed by atoms with van der Waals surface area (Å²) in [6.07, 6.45) is 1.66. The first-order valence-electron chi connectivity index (χ1n) is 4.89. The maximum Gasteiger partial charge on any atom is 0.332 e. The van der Waals surface area contributed by atoms with Gasteiger partial charge in [0.2, 0.25) is 0 Å². The fourth-order valence-corrected chi connectivity index (χ4v) is 1.89. The first kappa shape index (κ1) is 8.91. The van der Waals surface area contributed by atoms with Crippen molar-refractivity contribution >= 4 is 16.3 Å². The highest BCUT2D eigenvalue weighted by Crippen LogP contribution is 2.16. The van der Waals surface area contributed by atoms with Crippen LogP contribution >= 0.6 is 0 Å². The van der Waals surface area contributed by atoms with E-state index in [2.05, 4.69) is 4.98 Å². The third kappa shape index (κ3) is 1.16. The molecule has 0 aliphatic rings. The molecular formula is C12H8N2O2. The molecule has 3 aromatic rings. The normalized spacial score (nSPS) is 11.0. The van der Waals surface area contributed by atoms with Crippen molar-refractivity contribution in [3.8, 4) is 0 Å². The fourth-order valence-electron chi connectivity index (χ4n) is 1.89. The van der Waals surface area contributed by atoms with Crippen LogP contribution in [0.15, 0.2) is 52.2 Å². The minimum atomic E-state index is -0.409. The molecule has 0 spiro atoms. The summed E-state index contributed by atoms with van der Waals surface area (Å²) in [5, 5.41) is 1.90. The summed E-state index contributed by atoms with van der Waals surface area (Å²) in [6.45, 7) is 0. The van der Waals surface area contributed by atoms with Crippen molar-refractivity contribution in [3.63, 3.8) is 0 Å². The molecule has 1 aromatic carbocycles. The van der Waals surface area contributed by atoms with Crippen molar-refractivity contribution in [2.75, 3.05) is 0 Å². The van der Waals surface area contributed by atoms with Gasteiger partial charge in [-0.1, -0.05) is 24.3 Å². The molecular weight excluding hydrogens is 204 g/mol. The van der Waals surface area contributed by atoms with Gasteiger partial charge in [-0.25, -0.2) is 4.79 Å². The summed E-state index contributed by atoms with van der Waals surface area (Å²) >= 11 is 0. The van der Waals surface area contributed by atoms with Crippen LogP contribution in [0, 0.1) is 0 Å². The summed E-state index contributed by atoms with van der Waals surface area (Å²) in [5.74, 6) is 0. The van der Waals surface area contributed by atoms with Crippen molar-refractivity contribution in [1.29, 1.82) is 0 Å². The Morgan fingerprint density at radius 1 is 1.06 bits per heavy atom. The van der Waals surface area contributed by atoms with Crippen LogP contribution in [-0.2, 0) is 0 Å². The van der Waals surface area contributed by atoms with Crippen LogP contribution in [0.4, 0.5) is 0 Å². The predicted octanol–water partition coefficient (Wildman–Crippen LogP) is 1.14. The van der Waals surface area contributed by atoms with Crippen LogP contribution in [0.3, 0.4) is 0 Å². The van der Waals surface area contributed by atoms with Crippen LogP contribution < -0.4 is 11.2 Å².